The molecule has 0 unspecified atom stereocenters. The molecule has 0 aromatic heterocycles. The first-order valence-electron chi connectivity index (χ1n) is 5.55. The number of benzene rings is 1. The van der Waals surface area contributed by atoms with Crippen LogP contribution in [0.15, 0.2) is 23.1 Å². The highest BCUT2D eigenvalue weighted by atomic mass is 32.2. The molecule has 0 amide bonds. The Kier molecular flexibility index (Phi) is 4.42. The summed E-state index contributed by atoms with van der Waals surface area (Å²) in [5.41, 5.74) is 0.240. The van der Waals surface area contributed by atoms with Crippen molar-refractivity contribution in [2.75, 3.05) is 0 Å². The van der Waals surface area contributed by atoms with Gasteiger partial charge in [-0.1, -0.05) is 13.0 Å². The van der Waals surface area contributed by atoms with Crippen LogP contribution in [-0.2, 0) is 10.0 Å². The molecular weight excluding hydrogens is 256 g/mol. The first kappa shape index (κ1) is 14.6. The lowest BCUT2D eigenvalue weighted by Gasteiger charge is -2.12. The van der Waals surface area contributed by atoms with Crippen LogP contribution in [0.25, 0.3) is 0 Å². The molecule has 0 aliphatic rings. The summed E-state index contributed by atoms with van der Waals surface area (Å²) in [5, 5.41) is 10.8. The average molecular weight is 272 g/mol. The summed E-state index contributed by atoms with van der Waals surface area (Å²) in [7, 11) is -3.70. The van der Waals surface area contributed by atoms with Gasteiger partial charge >= 0.3 is 0 Å². The Balaban J connectivity index is 3.18. The van der Waals surface area contributed by atoms with Gasteiger partial charge in [-0.05, 0) is 26.3 Å². The normalized spacial score (nSPS) is 13.3. The van der Waals surface area contributed by atoms with Crippen molar-refractivity contribution in [2.24, 2.45) is 0 Å². The van der Waals surface area contributed by atoms with Gasteiger partial charge in [-0.25, -0.2) is 13.1 Å². The van der Waals surface area contributed by atoms with Gasteiger partial charge in [0.2, 0.25) is 10.0 Å². The van der Waals surface area contributed by atoms with Crippen LogP contribution < -0.4 is 4.72 Å². The lowest BCUT2D eigenvalue weighted by Crippen LogP contribution is -2.32. The average Bonchev–Trinajstić information content (AvgIpc) is 2.28. The number of nitrogens with one attached hydrogen (secondary N) is 1. The molecule has 100 valence electrons. The van der Waals surface area contributed by atoms with Crippen LogP contribution in [0.2, 0.25) is 0 Å². The van der Waals surface area contributed by atoms with Gasteiger partial charge in [-0.2, -0.15) is 0 Å². The minimum Gasteiger partial charge on any atom is -0.258 e. The van der Waals surface area contributed by atoms with Gasteiger partial charge in [0.1, 0.15) is 0 Å². The molecule has 0 aliphatic carbocycles. The molecule has 0 heterocycles. The van der Waals surface area contributed by atoms with E-state index in [4.69, 9.17) is 0 Å². The molecule has 1 rings (SSSR count). The zero-order valence-corrected chi connectivity index (χ0v) is 11.3. The third kappa shape index (κ3) is 3.27. The molecule has 1 aromatic carbocycles. The highest BCUT2D eigenvalue weighted by Gasteiger charge is 2.20. The van der Waals surface area contributed by atoms with Gasteiger partial charge in [0, 0.05) is 17.7 Å². The maximum atomic E-state index is 12.0. The van der Waals surface area contributed by atoms with Gasteiger partial charge in [0.15, 0.2) is 0 Å². The quantitative estimate of drug-likeness (QED) is 0.655. The molecule has 1 aromatic rings. The number of nitro groups is 1. The van der Waals surface area contributed by atoms with Crippen LogP contribution >= 0.6 is 0 Å². The molecule has 0 saturated carbocycles. The Morgan fingerprint density at radius 2 is 2.06 bits per heavy atom. The van der Waals surface area contributed by atoms with Crippen molar-refractivity contribution < 1.29 is 13.3 Å². The monoisotopic (exact) mass is 272 g/mol. The molecule has 1 N–H and O–H groups in total. The predicted molar refractivity (Wildman–Crippen MR) is 67.9 cm³/mol. The Labute approximate surface area is 106 Å². The number of rotatable bonds is 5. The van der Waals surface area contributed by atoms with E-state index in [-0.39, 0.29) is 16.6 Å². The fraction of sp³-hybridized carbons (Fsp3) is 0.455. The molecule has 0 radical (unpaired) electrons. The van der Waals surface area contributed by atoms with Gasteiger partial charge < -0.3 is 0 Å². The summed E-state index contributed by atoms with van der Waals surface area (Å²) < 4.78 is 26.4. The fourth-order valence-corrected chi connectivity index (χ4v) is 2.72. The van der Waals surface area contributed by atoms with Crippen LogP contribution in [0.3, 0.4) is 0 Å². The van der Waals surface area contributed by atoms with E-state index in [1.807, 2.05) is 6.92 Å². The SMILES string of the molecule is CC[C@@H](C)NS(=O)(=O)c1ccc(C)c([N+](=O)[O-])c1. The van der Waals surface area contributed by atoms with E-state index in [2.05, 4.69) is 4.72 Å². The molecule has 0 fully saturated rings. The Hall–Kier alpha value is -1.47. The van der Waals surface area contributed by atoms with E-state index in [0.717, 1.165) is 6.07 Å². The first-order valence-corrected chi connectivity index (χ1v) is 7.03. The van der Waals surface area contributed by atoms with Gasteiger partial charge in [0.05, 0.1) is 9.82 Å². The Morgan fingerprint density at radius 1 is 1.44 bits per heavy atom. The van der Waals surface area contributed by atoms with E-state index in [9.17, 15) is 18.5 Å². The number of hydrogen-bond acceptors (Lipinski definition) is 4. The molecular formula is C11H16N2O4S. The van der Waals surface area contributed by atoms with E-state index in [0.29, 0.717) is 12.0 Å². The number of hydrogen-bond donors (Lipinski definition) is 1. The van der Waals surface area contributed by atoms with E-state index < -0.39 is 14.9 Å². The van der Waals surface area contributed by atoms with E-state index in [1.54, 1.807) is 13.8 Å². The third-order valence-corrected chi connectivity index (χ3v) is 4.24. The minimum atomic E-state index is -3.70. The van der Waals surface area contributed by atoms with Crippen molar-refractivity contribution in [1.29, 1.82) is 0 Å². The van der Waals surface area contributed by atoms with Crippen LogP contribution in [0.1, 0.15) is 25.8 Å². The lowest BCUT2D eigenvalue weighted by atomic mass is 10.2. The molecule has 6 nitrogen and oxygen atoms in total. The van der Waals surface area contributed by atoms with Crippen LogP contribution in [-0.4, -0.2) is 19.4 Å². The first-order chi connectivity index (χ1) is 8.27. The summed E-state index contributed by atoms with van der Waals surface area (Å²) in [6.45, 7) is 5.15. The molecule has 0 bridgehead atoms. The number of nitro benzene ring substituents is 1. The van der Waals surface area contributed by atoms with Crippen molar-refractivity contribution in [3.05, 3.63) is 33.9 Å². The molecule has 18 heavy (non-hydrogen) atoms. The molecule has 0 spiro atoms. The number of nitrogens with zero attached hydrogens (tertiary/aromatic N) is 1. The second kappa shape index (κ2) is 5.45. The van der Waals surface area contributed by atoms with E-state index in [1.165, 1.54) is 12.1 Å². The zero-order valence-electron chi connectivity index (χ0n) is 10.5. The number of aryl methyl sites for hydroxylation is 1. The number of sulfonamides is 1. The van der Waals surface area contributed by atoms with E-state index >= 15 is 0 Å². The van der Waals surface area contributed by atoms with Crippen molar-refractivity contribution in [1.82, 2.24) is 4.72 Å². The third-order valence-electron chi connectivity index (χ3n) is 2.66. The summed E-state index contributed by atoms with van der Waals surface area (Å²) in [6.07, 6.45) is 0.646. The summed E-state index contributed by atoms with van der Waals surface area (Å²) >= 11 is 0. The van der Waals surface area contributed by atoms with Gasteiger partial charge in [-0.15, -0.1) is 0 Å². The summed E-state index contributed by atoms with van der Waals surface area (Å²) in [4.78, 5) is 10.1. The van der Waals surface area contributed by atoms with Crippen molar-refractivity contribution in [3.63, 3.8) is 0 Å². The maximum Gasteiger partial charge on any atom is 0.273 e. The standard InChI is InChI=1S/C11H16N2O4S/c1-4-9(3)12-18(16,17)10-6-5-8(2)11(7-10)13(14)15/h5-7,9,12H,4H2,1-3H3/t9-/m1/s1. The smallest absolute Gasteiger partial charge is 0.258 e. The van der Waals surface area contributed by atoms with Crippen LogP contribution in [0.4, 0.5) is 5.69 Å². The van der Waals surface area contributed by atoms with Crippen LogP contribution in [0, 0.1) is 17.0 Å². The van der Waals surface area contributed by atoms with Gasteiger partial charge in [-0.3, -0.25) is 10.1 Å². The molecule has 1 atom stereocenters. The molecule has 7 heteroatoms. The van der Waals surface area contributed by atoms with Crippen molar-refractivity contribution in [2.45, 2.75) is 38.1 Å². The maximum absolute atomic E-state index is 12.0. The Morgan fingerprint density at radius 3 is 2.56 bits per heavy atom. The second-order valence-electron chi connectivity index (χ2n) is 4.14. The summed E-state index contributed by atoms with van der Waals surface area (Å²) in [5.74, 6) is 0. The second-order valence-corrected chi connectivity index (χ2v) is 5.85. The van der Waals surface area contributed by atoms with Crippen molar-refractivity contribution in [3.8, 4) is 0 Å². The fourth-order valence-electron chi connectivity index (χ4n) is 1.37. The highest BCUT2D eigenvalue weighted by molar-refractivity contribution is 7.89. The minimum absolute atomic E-state index is 0.0832. The largest absolute Gasteiger partial charge is 0.273 e. The Bertz CT molecular complexity index is 554. The summed E-state index contributed by atoms with van der Waals surface area (Å²) in [6, 6.07) is 3.67. The lowest BCUT2D eigenvalue weighted by molar-refractivity contribution is -0.385. The highest BCUT2D eigenvalue weighted by Crippen LogP contribution is 2.22. The predicted octanol–water partition coefficient (Wildman–Crippen LogP) is 1.98. The zero-order chi connectivity index (χ0) is 13.9. The molecule has 0 aliphatic heterocycles. The van der Waals surface area contributed by atoms with Gasteiger partial charge in [0.25, 0.3) is 5.69 Å². The van der Waals surface area contributed by atoms with Crippen LogP contribution in [0.5, 0.6) is 0 Å². The van der Waals surface area contributed by atoms with Crippen molar-refractivity contribution >= 4 is 15.7 Å². The molecule has 0 saturated heterocycles. The topological polar surface area (TPSA) is 89.3 Å².